The van der Waals surface area contributed by atoms with Crippen molar-refractivity contribution in [3.05, 3.63) is 76.9 Å². The summed E-state index contributed by atoms with van der Waals surface area (Å²) in [5.74, 6) is -0.268. The second-order valence-corrected chi connectivity index (χ2v) is 11.5. The van der Waals surface area contributed by atoms with Crippen LogP contribution in [0, 0.1) is 5.41 Å². The smallest absolute Gasteiger partial charge is 0.339 e. The molecule has 1 unspecified atom stereocenters. The summed E-state index contributed by atoms with van der Waals surface area (Å²) in [4.78, 5) is 30.0. The number of hydrogen-bond acceptors (Lipinski definition) is 5. The van der Waals surface area contributed by atoms with Crippen molar-refractivity contribution in [3.8, 4) is 11.1 Å². The minimum atomic E-state index is -0.932. The van der Waals surface area contributed by atoms with Gasteiger partial charge >= 0.3 is 5.97 Å². The Hall–Kier alpha value is -3.45. The van der Waals surface area contributed by atoms with E-state index < -0.39 is 23.0 Å². The van der Waals surface area contributed by atoms with Crippen LogP contribution in [-0.2, 0) is 17.7 Å². The molecule has 1 aromatic heterocycles. The molecule has 3 aromatic rings. The minimum absolute atomic E-state index is 0.241. The maximum atomic E-state index is 12.8. The lowest BCUT2D eigenvalue weighted by molar-refractivity contribution is 0.00703. The molecular weight excluding hydrogens is 466 g/mol. The van der Waals surface area contributed by atoms with E-state index in [0.717, 1.165) is 23.1 Å². The molecule has 37 heavy (non-hydrogen) atoms. The number of benzene rings is 2. The topological polar surface area (TPSA) is 107 Å². The summed E-state index contributed by atoms with van der Waals surface area (Å²) in [5, 5.41) is 10.9. The number of primary amides is 1. The molecule has 0 aliphatic heterocycles. The van der Waals surface area contributed by atoms with Gasteiger partial charge in [-0.2, -0.15) is 0 Å². The highest BCUT2D eigenvalue weighted by Gasteiger charge is 2.32. The normalized spacial score (nSPS) is 12.9. The highest BCUT2D eigenvalue weighted by molar-refractivity contribution is 5.97. The Morgan fingerprint density at radius 3 is 2.19 bits per heavy atom. The zero-order valence-electron chi connectivity index (χ0n) is 23.0. The van der Waals surface area contributed by atoms with Crippen molar-refractivity contribution in [3.63, 3.8) is 0 Å². The Morgan fingerprint density at radius 2 is 1.65 bits per heavy atom. The number of aryl methyl sites for hydroxylation is 1. The van der Waals surface area contributed by atoms with Crippen LogP contribution in [0.15, 0.2) is 48.5 Å². The largest absolute Gasteiger partial charge is 0.456 e. The van der Waals surface area contributed by atoms with E-state index in [1.54, 1.807) is 6.07 Å². The molecule has 0 aliphatic carbocycles. The summed E-state index contributed by atoms with van der Waals surface area (Å²) in [5.41, 5.74) is 8.37. The monoisotopic (exact) mass is 505 g/mol. The predicted molar refractivity (Wildman–Crippen MR) is 145 cm³/mol. The predicted octanol–water partition coefficient (Wildman–Crippen LogP) is 5.68. The van der Waals surface area contributed by atoms with Gasteiger partial charge in [-0.25, -0.2) is 9.78 Å². The van der Waals surface area contributed by atoms with E-state index in [0.29, 0.717) is 30.0 Å². The number of aliphatic hydroxyl groups is 1. The van der Waals surface area contributed by atoms with Crippen LogP contribution in [0.5, 0.6) is 0 Å². The van der Waals surface area contributed by atoms with E-state index in [1.165, 1.54) is 0 Å². The van der Waals surface area contributed by atoms with Gasteiger partial charge in [-0.05, 0) is 55.4 Å². The number of ether oxygens (including phenoxy) is 1. The molecule has 3 rings (SSSR count). The first-order chi connectivity index (χ1) is 17.2. The zero-order valence-corrected chi connectivity index (χ0v) is 23.0. The van der Waals surface area contributed by atoms with Gasteiger partial charge in [0.1, 0.15) is 28.9 Å². The molecule has 7 nitrogen and oxygen atoms in total. The van der Waals surface area contributed by atoms with E-state index in [1.807, 2.05) is 95.5 Å². The van der Waals surface area contributed by atoms with Gasteiger partial charge in [-0.15, -0.1) is 0 Å². The Bertz CT molecular complexity index is 1260. The Balaban J connectivity index is 1.98. The fourth-order valence-electron chi connectivity index (χ4n) is 4.18. The van der Waals surface area contributed by atoms with Gasteiger partial charge in [0.25, 0.3) is 5.91 Å². The second kappa shape index (κ2) is 10.9. The van der Waals surface area contributed by atoms with E-state index in [2.05, 4.69) is 4.98 Å². The Morgan fingerprint density at radius 1 is 1.03 bits per heavy atom. The molecule has 0 aliphatic rings. The number of aromatic nitrogens is 2. The number of aliphatic hydroxyl groups excluding tert-OH is 1. The third-order valence-electron chi connectivity index (χ3n) is 6.01. The number of amides is 1. The van der Waals surface area contributed by atoms with Crippen LogP contribution in [0.4, 0.5) is 0 Å². The van der Waals surface area contributed by atoms with Gasteiger partial charge in [0.2, 0.25) is 0 Å². The fourth-order valence-corrected chi connectivity index (χ4v) is 4.18. The summed E-state index contributed by atoms with van der Waals surface area (Å²) in [6, 6.07) is 15.2. The first-order valence-electron chi connectivity index (χ1n) is 12.7. The summed E-state index contributed by atoms with van der Waals surface area (Å²) in [6.07, 6.45) is 0.553. The lowest BCUT2D eigenvalue weighted by Gasteiger charge is -2.25. The molecular formula is C30H39N3O4. The molecule has 0 saturated carbocycles. The van der Waals surface area contributed by atoms with Crippen LogP contribution in [0.3, 0.4) is 0 Å². The molecule has 7 heteroatoms. The highest BCUT2D eigenvalue weighted by Crippen LogP contribution is 2.35. The van der Waals surface area contributed by atoms with Gasteiger partial charge in [0.15, 0.2) is 0 Å². The molecule has 3 N–H and O–H groups in total. The average Bonchev–Trinajstić information content (AvgIpc) is 3.15. The molecule has 1 heterocycles. The summed E-state index contributed by atoms with van der Waals surface area (Å²) < 4.78 is 7.41. The van der Waals surface area contributed by atoms with Crippen molar-refractivity contribution < 1.29 is 19.4 Å². The van der Waals surface area contributed by atoms with Crippen molar-refractivity contribution >= 4 is 11.9 Å². The fraction of sp³-hybridized carbons (Fsp3) is 0.433. The number of nitrogens with zero attached hydrogens (tertiary/aromatic N) is 2. The van der Waals surface area contributed by atoms with Gasteiger partial charge < -0.3 is 20.1 Å². The van der Waals surface area contributed by atoms with E-state index >= 15 is 0 Å². The van der Waals surface area contributed by atoms with Crippen LogP contribution in [-0.4, -0.2) is 32.1 Å². The number of hydrogen-bond donors (Lipinski definition) is 2. The minimum Gasteiger partial charge on any atom is -0.456 e. The SMILES string of the molecule is CCCc1nc(C(O)C(C)(C)C)c(C(N)=O)n1Cc1ccc(-c2ccccc2C(=O)OC(C)(C)C)cc1. The standard InChI is InChI=1S/C30H39N3O4/c1-8-11-23-32-24(26(34)29(2,3)4)25(27(31)35)33(23)18-19-14-16-20(17-15-19)21-12-9-10-13-22(21)28(36)37-30(5,6)7/h9-10,12-17,26,34H,8,11,18H2,1-7H3,(H2,31,35). The van der Waals surface area contributed by atoms with Gasteiger partial charge in [0, 0.05) is 13.0 Å². The van der Waals surface area contributed by atoms with Crippen LogP contribution >= 0.6 is 0 Å². The first kappa shape index (κ1) is 28.1. The number of carbonyl (C=O) groups excluding carboxylic acids is 2. The number of imidazole rings is 1. The van der Waals surface area contributed by atoms with Crippen LogP contribution in [0.1, 0.15) is 98.9 Å². The molecule has 2 aromatic carbocycles. The van der Waals surface area contributed by atoms with Crippen molar-refractivity contribution in [2.75, 3.05) is 0 Å². The summed E-state index contributed by atoms with van der Waals surface area (Å²) in [6.45, 7) is 13.6. The van der Waals surface area contributed by atoms with Crippen LogP contribution in [0.25, 0.3) is 11.1 Å². The lowest BCUT2D eigenvalue weighted by Crippen LogP contribution is -2.25. The Labute approximate surface area is 219 Å². The maximum absolute atomic E-state index is 12.8. The van der Waals surface area contributed by atoms with Gasteiger partial charge in [-0.1, -0.05) is 70.2 Å². The molecule has 0 saturated heterocycles. The van der Waals surface area contributed by atoms with Crippen LogP contribution in [0.2, 0.25) is 0 Å². The third kappa shape index (κ3) is 6.66. The molecule has 0 radical (unpaired) electrons. The number of carbonyl (C=O) groups is 2. The zero-order chi connectivity index (χ0) is 27.5. The van der Waals surface area contributed by atoms with Crippen molar-refractivity contribution in [1.82, 2.24) is 9.55 Å². The molecule has 0 fully saturated rings. The van der Waals surface area contributed by atoms with E-state index in [9.17, 15) is 14.7 Å². The number of nitrogens with two attached hydrogens (primary N) is 1. The molecule has 198 valence electrons. The first-order valence-corrected chi connectivity index (χ1v) is 12.7. The molecule has 0 bridgehead atoms. The molecule has 0 spiro atoms. The van der Waals surface area contributed by atoms with Crippen LogP contribution < -0.4 is 5.73 Å². The van der Waals surface area contributed by atoms with Crippen molar-refractivity contribution in [2.24, 2.45) is 11.1 Å². The summed E-state index contributed by atoms with van der Waals surface area (Å²) >= 11 is 0. The number of rotatable bonds is 8. The Kier molecular flexibility index (Phi) is 8.28. The van der Waals surface area contributed by atoms with Gasteiger partial charge in [-0.3, -0.25) is 4.79 Å². The second-order valence-electron chi connectivity index (χ2n) is 11.5. The molecule has 1 amide bonds. The molecule has 1 atom stereocenters. The third-order valence-corrected chi connectivity index (χ3v) is 6.01. The maximum Gasteiger partial charge on any atom is 0.339 e. The van der Waals surface area contributed by atoms with E-state index in [-0.39, 0.29) is 11.7 Å². The van der Waals surface area contributed by atoms with E-state index in [4.69, 9.17) is 10.5 Å². The van der Waals surface area contributed by atoms with Crippen molar-refractivity contribution in [2.45, 2.75) is 79.6 Å². The average molecular weight is 506 g/mol. The van der Waals surface area contributed by atoms with Gasteiger partial charge in [0.05, 0.1) is 5.56 Å². The lowest BCUT2D eigenvalue weighted by atomic mass is 9.86. The van der Waals surface area contributed by atoms with Crippen molar-refractivity contribution in [1.29, 1.82) is 0 Å². The quantitative estimate of drug-likeness (QED) is 0.383. The summed E-state index contributed by atoms with van der Waals surface area (Å²) in [7, 11) is 0. The number of esters is 1. The highest BCUT2D eigenvalue weighted by atomic mass is 16.6.